The van der Waals surface area contributed by atoms with Crippen LogP contribution in [-0.4, -0.2) is 35.2 Å². The number of esters is 1. The Bertz CT molecular complexity index is 745. The molecular weight excluding hydrogens is 308 g/mol. The third-order valence-electron chi connectivity index (χ3n) is 3.94. The minimum Gasteiger partial charge on any atom is -0.497 e. The SMILES string of the molecule is CCOC(=O)c1cn(Cc2ccc(OC)cc2)nc1C(=O)C1CC1. The lowest BCUT2D eigenvalue weighted by atomic mass is 10.1. The topological polar surface area (TPSA) is 70.4 Å². The first-order chi connectivity index (χ1) is 11.6. The molecule has 0 aliphatic heterocycles. The highest BCUT2D eigenvalue weighted by Gasteiger charge is 2.35. The van der Waals surface area contributed by atoms with Gasteiger partial charge >= 0.3 is 5.97 Å². The molecule has 6 nitrogen and oxygen atoms in total. The van der Waals surface area contributed by atoms with Crippen LogP contribution in [0.15, 0.2) is 30.5 Å². The molecule has 1 aliphatic carbocycles. The number of methoxy groups -OCH3 is 1. The Morgan fingerprint density at radius 2 is 1.96 bits per heavy atom. The van der Waals surface area contributed by atoms with E-state index in [1.807, 2.05) is 24.3 Å². The van der Waals surface area contributed by atoms with Crippen LogP contribution in [0.2, 0.25) is 0 Å². The van der Waals surface area contributed by atoms with Crippen LogP contribution in [0.5, 0.6) is 5.75 Å². The maximum atomic E-state index is 12.4. The smallest absolute Gasteiger partial charge is 0.342 e. The van der Waals surface area contributed by atoms with Crippen LogP contribution in [0.25, 0.3) is 0 Å². The Labute approximate surface area is 140 Å². The number of nitrogens with zero attached hydrogens (tertiary/aromatic N) is 2. The summed E-state index contributed by atoms with van der Waals surface area (Å²) >= 11 is 0. The normalized spacial score (nSPS) is 13.6. The van der Waals surface area contributed by atoms with E-state index in [0.29, 0.717) is 6.54 Å². The molecule has 0 atom stereocenters. The van der Waals surface area contributed by atoms with Crippen LogP contribution in [0, 0.1) is 5.92 Å². The Balaban J connectivity index is 1.85. The molecule has 0 saturated heterocycles. The van der Waals surface area contributed by atoms with Gasteiger partial charge in [-0.05, 0) is 37.5 Å². The van der Waals surface area contributed by atoms with E-state index in [0.717, 1.165) is 24.2 Å². The van der Waals surface area contributed by atoms with Crippen LogP contribution >= 0.6 is 0 Å². The first-order valence-corrected chi connectivity index (χ1v) is 8.04. The lowest BCUT2D eigenvalue weighted by Crippen LogP contribution is -2.12. The van der Waals surface area contributed by atoms with Crippen LogP contribution < -0.4 is 4.74 Å². The first kappa shape index (κ1) is 16.2. The summed E-state index contributed by atoms with van der Waals surface area (Å²) in [6.45, 7) is 2.47. The van der Waals surface area contributed by atoms with Gasteiger partial charge < -0.3 is 9.47 Å². The summed E-state index contributed by atoms with van der Waals surface area (Å²) in [4.78, 5) is 24.5. The molecule has 3 rings (SSSR count). The van der Waals surface area contributed by atoms with Crippen molar-refractivity contribution in [2.45, 2.75) is 26.3 Å². The Morgan fingerprint density at radius 3 is 2.54 bits per heavy atom. The third-order valence-corrected chi connectivity index (χ3v) is 3.94. The molecule has 126 valence electrons. The molecular formula is C18H20N2O4. The van der Waals surface area contributed by atoms with Gasteiger partial charge in [-0.2, -0.15) is 5.10 Å². The molecule has 1 aromatic carbocycles. The highest BCUT2D eigenvalue weighted by Crippen LogP contribution is 2.33. The second kappa shape index (κ2) is 6.86. The summed E-state index contributed by atoms with van der Waals surface area (Å²) in [5.41, 5.74) is 1.48. The van der Waals surface area contributed by atoms with Gasteiger partial charge in [-0.25, -0.2) is 4.79 Å². The number of hydrogen-bond acceptors (Lipinski definition) is 5. The maximum absolute atomic E-state index is 12.4. The van der Waals surface area contributed by atoms with E-state index >= 15 is 0 Å². The number of rotatable bonds is 7. The van der Waals surface area contributed by atoms with Crippen LogP contribution in [0.1, 0.15) is 46.2 Å². The highest BCUT2D eigenvalue weighted by molar-refractivity contribution is 6.06. The lowest BCUT2D eigenvalue weighted by molar-refractivity contribution is 0.0522. The Kier molecular flexibility index (Phi) is 4.64. The van der Waals surface area contributed by atoms with Crippen LogP contribution in [-0.2, 0) is 11.3 Å². The molecule has 1 saturated carbocycles. The minimum atomic E-state index is -0.498. The fourth-order valence-electron chi connectivity index (χ4n) is 2.50. The second-order valence-electron chi connectivity index (χ2n) is 5.80. The van der Waals surface area contributed by atoms with E-state index in [1.165, 1.54) is 0 Å². The number of ketones is 1. The molecule has 1 fully saturated rings. The fraction of sp³-hybridized carbons (Fsp3) is 0.389. The van der Waals surface area contributed by atoms with Gasteiger partial charge in [0.25, 0.3) is 0 Å². The summed E-state index contributed by atoms with van der Waals surface area (Å²) in [5.74, 6) is 0.215. The van der Waals surface area contributed by atoms with Gasteiger partial charge in [0.2, 0.25) is 0 Å². The Morgan fingerprint density at radius 1 is 1.25 bits per heavy atom. The molecule has 1 aromatic heterocycles. The first-order valence-electron chi connectivity index (χ1n) is 8.04. The largest absolute Gasteiger partial charge is 0.497 e. The van der Waals surface area contributed by atoms with Gasteiger partial charge in [0.1, 0.15) is 17.0 Å². The number of carbonyl (C=O) groups is 2. The molecule has 0 spiro atoms. The van der Waals surface area contributed by atoms with E-state index in [2.05, 4.69) is 5.10 Å². The number of aromatic nitrogens is 2. The molecule has 0 N–H and O–H groups in total. The minimum absolute atomic E-state index is 0.00233. The van der Waals surface area contributed by atoms with Crippen molar-refractivity contribution < 1.29 is 19.1 Å². The number of hydrogen-bond donors (Lipinski definition) is 0. The quantitative estimate of drug-likeness (QED) is 0.577. The number of carbonyl (C=O) groups excluding carboxylic acids is 2. The van der Waals surface area contributed by atoms with Crippen molar-refractivity contribution in [3.8, 4) is 5.75 Å². The molecule has 0 radical (unpaired) electrons. The van der Waals surface area contributed by atoms with Gasteiger partial charge in [0.05, 0.1) is 20.3 Å². The predicted molar refractivity (Wildman–Crippen MR) is 87.3 cm³/mol. The van der Waals surface area contributed by atoms with Gasteiger partial charge in [0.15, 0.2) is 5.78 Å². The monoisotopic (exact) mass is 328 g/mol. The molecule has 0 bridgehead atoms. The van der Waals surface area contributed by atoms with E-state index in [1.54, 1.807) is 24.9 Å². The zero-order valence-electron chi connectivity index (χ0n) is 13.8. The summed E-state index contributed by atoms with van der Waals surface area (Å²) in [5, 5.41) is 4.35. The second-order valence-corrected chi connectivity index (χ2v) is 5.80. The van der Waals surface area contributed by atoms with Crippen molar-refractivity contribution in [3.05, 3.63) is 47.3 Å². The molecule has 1 aliphatic rings. The fourth-order valence-corrected chi connectivity index (χ4v) is 2.50. The van der Waals surface area contributed by atoms with Crippen molar-refractivity contribution in [2.75, 3.05) is 13.7 Å². The van der Waals surface area contributed by atoms with Crippen LogP contribution in [0.4, 0.5) is 0 Å². The zero-order valence-corrected chi connectivity index (χ0v) is 13.8. The number of ether oxygens (including phenoxy) is 2. The third kappa shape index (κ3) is 3.48. The Hall–Kier alpha value is -2.63. The van der Waals surface area contributed by atoms with E-state index in [9.17, 15) is 9.59 Å². The molecule has 24 heavy (non-hydrogen) atoms. The van der Waals surface area contributed by atoms with Gasteiger partial charge in [-0.3, -0.25) is 9.48 Å². The summed E-state index contributed by atoms with van der Waals surface area (Å²) in [6, 6.07) is 7.57. The molecule has 1 heterocycles. The molecule has 0 amide bonds. The molecule has 2 aromatic rings. The van der Waals surface area contributed by atoms with Gasteiger partial charge in [-0.15, -0.1) is 0 Å². The summed E-state index contributed by atoms with van der Waals surface area (Å²) in [6.07, 6.45) is 3.33. The van der Waals surface area contributed by atoms with Crippen LogP contribution in [0.3, 0.4) is 0 Å². The molecule has 0 unspecified atom stereocenters. The average Bonchev–Trinajstić information content (AvgIpc) is 3.35. The van der Waals surface area contributed by atoms with E-state index in [-0.39, 0.29) is 29.6 Å². The van der Waals surface area contributed by atoms with Gasteiger partial charge in [-0.1, -0.05) is 12.1 Å². The van der Waals surface area contributed by atoms with Crippen molar-refractivity contribution in [2.24, 2.45) is 5.92 Å². The van der Waals surface area contributed by atoms with E-state index < -0.39 is 5.97 Å². The summed E-state index contributed by atoms with van der Waals surface area (Å²) < 4.78 is 11.8. The summed E-state index contributed by atoms with van der Waals surface area (Å²) in [7, 11) is 1.61. The standard InChI is InChI=1S/C18H20N2O4/c1-3-24-18(22)15-11-20(19-16(15)17(21)13-6-7-13)10-12-4-8-14(23-2)9-5-12/h4-5,8-9,11,13H,3,6-7,10H2,1-2H3. The van der Waals surface area contributed by atoms with E-state index in [4.69, 9.17) is 9.47 Å². The maximum Gasteiger partial charge on any atom is 0.342 e. The molecule has 6 heteroatoms. The van der Waals surface area contributed by atoms with Crippen molar-refractivity contribution >= 4 is 11.8 Å². The van der Waals surface area contributed by atoms with Crippen molar-refractivity contribution in [1.82, 2.24) is 9.78 Å². The zero-order chi connectivity index (χ0) is 17.1. The number of benzene rings is 1. The predicted octanol–water partition coefficient (Wildman–Crippen LogP) is 2.71. The van der Waals surface area contributed by atoms with Crippen molar-refractivity contribution in [3.63, 3.8) is 0 Å². The average molecular weight is 328 g/mol. The van der Waals surface area contributed by atoms with Gasteiger partial charge in [0, 0.05) is 12.1 Å². The highest BCUT2D eigenvalue weighted by atomic mass is 16.5. The lowest BCUT2D eigenvalue weighted by Gasteiger charge is -2.03. The van der Waals surface area contributed by atoms with Crippen molar-refractivity contribution in [1.29, 1.82) is 0 Å². The number of Topliss-reactive ketones (excluding diaryl/α,β-unsaturated/α-hetero) is 1.